The molecular formula is C15H22N2O. The fourth-order valence-electron chi connectivity index (χ4n) is 1.52. The van der Waals surface area contributed by atoms with Crippen LogP contribution in [-0.4, -0.2) is 19.0 Å². The summed E-state index contributed by atoms with van der Waals surface area (Å²) in [6.45, 7) is 10.9. The quantitative estimate of drug-likeness (QED) is 0.784. The number of amides is 1. The molecule has 2 N–H and O–H groups in total. The molecule has 0 heterocycles. The number of anilines is 1. The minimum Gasteiger partial charge on any atom is -0.376 e. The fourth-order valence-corrected chi connectivity index (χ4v) is 1.52. The SMILES string of the molecule is C=CCNC(=O)CNc1ccc(C(C)(C)C)cc1. The van der Waals surface area contributed by atoms with E-state index in [2.05, 4.69) is 50.1 Å². The minimum absolute atomic E-state index is 0.0326. The van der Waals surface area contributed by atoms with Crippen molar-refractivity contribution in [3.63, 3.8) is 0 Å². The van der Waals surface area contributed by atoms with Gasteiger partial charge in [-0.2, -0.15) is 0 Å². The monoisotopic (exact) mass is 246 g/mol. The number of carbonyl (C=O) groups is 1. The largest absolute Gasteiger partial charge is 0.376 e. The molecule has 1 rings (SSSR count). The zero-order valence-electron chi connectivity index (χ0n) is 11.4. The highest BCUT2D eigenvalue weighted by Gasteiger charge is 2.12. The Morgan fingerprint density at radius 1 is 1.28 bits per heavy atom. The molecule has 0 aliphatic rings. The van der Waals surface area contributed by atoms with Crippen molar-refractivity contribution in [2.75, 3.05) is 18.4 Å². The summed E-state index contributed by atoms with van der Waals surface area (Å²) in [7, 11) is 0. The van der Waals surface area contributed by atoms with Crippen molar-refractivity contribution in [1.29, 1.82) is 0 Å². The Bertz CT molecular complexity index is 401. The first-order chi connectivity index (χ1) is 8.43. The van der Waals surface area contributed by atoms with Crippen LogP contribution in [0.2, 0.25) is 0 Å². The van der Waals surface area contributed by atoms with Gasteiger partial charge in [-0.25, -0.2) is 0 Å². The van der Waals surface area contributed by atoms with Gasteiger partial charge >= 0.3 is 0 Å². The first-order valence-corrected chi connectivity index (χ1v) is 6.15. The maximum Gasteiger partial charge on any atom is 0.239 e. The van der Waals surface area contributed by atoms with E-state index in [-0.39, 0.29) is 17.9 Å². The predicted octanol–water partition coefficient (Wildman–Crippen LogP) is 2.70. The van der Waals surface area contributed by atoms with Gasteiger partial charge < -0.3 is 10.6 Å². The van der Waals surface area contributed by atoms with Crippen molar-refractivity contribution in [2.24, 2.45) is 0 Å². The van der Waals surface area contributed by atoms with Gasteiger partial charge in [0.05, 0.1) is 6.54 Å². The van der Waals surface area contributed by atoms with Crippen molar-refractivity contribution < 1.29 is 4.79 Å². The molecule has 0 spiro atoms. The van der Waals surface area contributed by atoms with Crippen LogP contribution in [0.1, 0.15) is 26.3 Å². The van der Waals surface area contributed by atoms with Crippen LogP contribution in [0.4, 0.5) is 5.69 Å². The summed E-state index contributed by atoms with van der Waals surface area (Å²) in [6.07, 6.45) is 1.66. The molecule has 0 fully saturated rings. The van der Waals surface area contributed by atoms with Crippen molar-refractivity contribution in [3.05, 3.63) is 42.5 Å². The Labute approximate surface area is 109 Å². The molecule has 0 saturated carbocycles. The zero-order chi connectivity index (χ0) is 13.6. The second-order valence-corrected chi connectivity index (χ2v) is 5.27. The van der Waals surface area contributed by atoms with E-state index in [0.29, 0.717) is 6.54 Å². The van der Waals surface area contributed by atoms with Gasteiger partial charge in [0.15, 0.2) is 0 Å². The van der Waals surface area contributed by atoms with Crippen molar-refractivity contribution >= 4 is 11.6 Å². The van der Waals surface area contributed by atoms with Crippen molar-refractivity contribution in [3.8, 4) is 0 Å². The van der Waals surface area contributed by atoms with Crippen LogP contribution in [0, 0.1) is 0 Å². The lowest BCUT2D eigenvalue weighted by atomic mass is 9.87. The molecule has 0 aliphatic carbocycles. The molecule has 0 unspecified atom stereocenters. The highest BCUT2D eigenvalue weighted by molar-refractivity contribution is 5.80. The van der Waals surface area contributed by atoms with Crippen LogP contribution < -0.4 is 10.6 Å². The molecular weight excluding hydrogens is 224 g/mol. The van der Waals surface area contributed by atoms with Gasteiger partial charge in [-0.05, 0) is 23.1 Å². The third-order valence-electron chi connectivity index (χ3n) is 2.65. The molecule has 3 heteroatoms. The van der Waals surface area contributed by atoms with E-state index in [4.69, 9.17) is 0 Å². The van der Waals surface area contributed by atoms with E-state index < -0.39 is 0 Å². The topological polar surface area (TPSA) is 41.1 Å². The number of benzene rings is 1. The Kier molecular flexibility index (Phi) is 4.95. The minimum atomic E-state index is -0.0326. The molecule has 3 nitrogen and oxygen atoms in total. The van der Waals surface area contributed by atoms with E-state index in [1.165, 1.54) is 5.56 Å². The molecule has 1 aromatic rings. The summed E-state index contributed by atoms with van der Waals surface area (Å²) in [4.78, 5) is 11.4. The van der Waals surface area contributed by atoms with Crippen LogP contribution in [0.15, 0.2) is 36.9 Å². The molecule has 1 amide bonds. The van der Waals surface area contributed by atoms with Gasteiger partial charge in [0.25, 0.3) is 0 Å². The molecule has 0 atom stereocenters. The first kappa shape index (κ1) is 14.3. The number of hydrogen-bond donors (Lipinski definition) is 2. The van der Waals surface area contributed by atoms with Crippen LogP contribution in [0.5, 0.6) is 0 Å². The molecule has 98 valence electrons. The number of carbonyl (C=O) groups excluding carboxylic acids is 1. The van der Waals surface area contributed by atoms with E-state index in [1.54, 1.807) is 6.08 Å². The summed E-state index contributed by atoms with van der Waals surface area (Å²) in [5, 5.41) is 5.80. The lowest BCUT2D eigenvalue weighted by Gasteiger charge is -2.19. The molecule has 0 aliphatic heterocycles. The highest BCUT2D eigenvalue weighted by atomic mass is 16.1. The summed E-state index contributed by atoms with van der Waals surface area (Å²) < 4.78 is 0. The smallest absolute Gasteiger partial charge is 0.239 e. The van der Waals surface area contributed by atoms with E-state index in [0.717, 1.165) is 5.69 Å². The van der Waals surface area contributed by atoms with Gasteiger partial charge in [-0.3, -0.25) is 4.79 Å². The second kappa shape index (κ2) is 6.24. The van der Waals surface area contributed by atoms with Gasteiger partial charge in [-0.1, -0.05) is 39.0 Å². The lowest BCUT2D eigenvalue weighted by molar-refractivity contribution is -0.119. The van der Waals surface area contributed by atoms with Crippen molar-refractivity contribution in [2.45, 2.75) is 26.2 Å². The van der Waals surface area contributed by atoms with Crippen LogP contribution >= 0.6 is 0 Å². The van der Waals surface area contributed by atoms with Crippen LogP contribution in [-0.2, 0) is 10.2 Å². The Hall–Kier alpha value is -1.77. The summed E-state index contributed by atoms with van der Waals surface area (Å²) in [5.41, 5.74) is 2.39. The van der Waals surface area contributed by atoms with E-state index in [9.17, 15) is 4.79 Å². The molecule has 0 radical (unpaired) electrons. The average Bonchev–Trinajstić information content (AvgIpc) is 2.33. The fraction of sp³-hybridized carbons (Fsp3) is 0.400. The van der Waals surface area contributed by atoms with Gasteiger partial charge in [0.1, 0.15) is 0 Å². The predicted molar refractivity (Wildman–Crippen MR) is 76.8 cm³/mol. The molecule has 18 heavy (non-hydrogen) atoms. The second-order valence-electron chi connectivity index (χ2n) is 5.27. The van der Waals surface area contributed by atoms with Crippen molar-refractivity contribution in [1.82, 2.24) is 5.32 Å². The van der Waals surface area contributed by atoms with Crippen LogP contribution in [0.25, 0.3) is 0 Å². The summed E-state index contributed by atoms with van der Waals surface area (Å²) >= 11 is 0. The molecule has 0 aromatic heterocycles. The molecule has 0 bridgehead atoms. The number of nitrogens with one attached hydrogen (secondary N) is 2. The normalized spacial score (nSPS) is 10.8. The van der Waals surface area contributed by atoms with Gasteiger partial charge in [-0.15, -0.1) is 6.58 Å². The maximum atomic E-state index is 11.4. The standard InChI is InChI=1S/C15H22N2O/c1-5-10-16-14(18)11-17-13-8-6-12(7-9-13)15(2,3)4/h5-9,17H,1,10-11H2,2-4H3,(H,16,18). The Morgan fingerprint density at radius 3 is 2.39 bits per heavy atom. The van der Waals surface area contributed by atoms with Gasteiger partial charge in [0.2, 0.25) is 5.91 Å². The number of hydrogen-bond acceptors (Lipinski definition) is 2. The van der Waals surface area contributed by atoms with E-state index >= 15 is 0 Å². The van der Waals surface area contributed by atoms with Crippen LogP contribution in [0.3, 0.4) is 0 Å². The average molecular weight is 246 g/mol. The zero-order valence-corrected chi connectivity index (χ0v) is 11.4. The third kappa shape index (κ3) is 4.62. The highest BCUT2D eigenvalue weighted by Crippen LogP contribution is 2.23. The summed E-state index contributed by atoms with van der Waals surface area (Å²) in [5.74, 6) is -0.0326. The Balaban J connectivity index is 2.49. The number of rotatable bonds is 5. The maximum absolute atomic E-state index is 11.4. The third-order valence-corrected chi connectivity index (χ3v) is 2.65. The first-order valence-electron chi connectivity index (χ1n) is 6.15. The Morgan fingerprint density at radius 2 is 1.89 bits per heavy atom. The lowest BCUT2D eigenvalue weighted by Crippen LogP contribution is -2.29. The molecule has 0 saturated heterocycles. The van der Waals surface area contributed by atoms with Gasteiger partial charge in [0, 0.05) is 12.2 Å². The molecule has 1 aromatic carbocycles. The summed E-state index contributed by atoms with van der Waals surface area (Å²) in [6, 6.07) is 8.18. The van der Waals surface area contributed by atoms with E-state index in [1.807, 2.05) is 12.1 Å².